The molecule has 0 N–H and O–H groups in total. The van der Waals surface area contributed by atoms with Crippen molar-refractivity contribution in [1.82, 2.24) is 9.13 Å². The van der Waals surface area contributed by atoms with Gasteiger partial charge in [-0.3, -0.25) is 0 Å². The molecule has 4 bridgehead atoms. The molecule has 372 valence electrons. The SMILES string of the molecule is Cc1cccc(C)c1N=C1[Si]2(N(C(=NC(C)(C)C)c3ccccc3)C(C)(C)C)C(=Nc3c(C)cccc3C)[Si-]13(c1cccc4c1Oc1c(cccc12)C4(C)C)N(C(C)(C)C)C(c1ccccc1)=[N+]3C(C)(C)C. The second kappa shape index (κ2) is 15.9. The number of hydrogen-bond donors (Lipinski definition) is 0. The van der Waals surface area contributed by atoms with E-state index in [1.807, 2.05) is 0 Å². The van der Waals surface area contributed by atoms with Crippen LogP contribution < -0.4 is 15.1 Å². The fourth-order valence-corrected chi connectivity index (χ4v) is 35.2. The van der Waals surface area contributed by atoms with Crippen molar-refractivity contribution in [3.8, 4) is 11.5 Å². The first-order chi connectivity index (χ1) is 33.6. The minimum absolute atomic E-state index is 0.417. The average Bonchev–Trinajstić information content (AvgIpc) is 3.27. The summed E-state index contributed by atoms with van der Waals surface area (Å²) >= 11 is 0. The van der Waals surface area contributed by atoms with Crippen LogP contribution in [-0.2, 0) is 5.41 Å². The topological polar surface area (TPSA) is 55.8 Å². The zero-order chi connectivity index (χ0) is 52.0. The van der Waals surface area contributed by atoms with Gasteiger partial charge in [-0.05, 0) is 0 Å². The van der Waals surface area contributed by atoms with Crippen molar-refractivity contribution in [2.75, 3.05) is 0 Å². The van der Waals surface area contributed by atoms with Crippen LogP contribution in [0.25, 0.3) is 0 Å². The molecule has 0 atom stereocenters. The van der Waals surface area contributed by atoms with Crippen molar-refractivity contribution in [3.05, 3.63) is 178 Å². The average molecular weight is 990 g/mol. The molecule has 5 aliphatic heterocycles. The fraction of sp³-hybridized carbons (Fsp3) is 0.365. The Labute approximate surface area is 431 Å². The number of hydrogen-bond acceptors (Lipinski definition) is 5. The Morgan fingerprint density at radius 1 is 0.583 bits per heavy atom. The first-order valence-corrected chi connectivity index (χ1v) is 30.4. The number of amidine groups is 2. The van der Waals surface area contributed by atoms with Crippen molar-refractivity contribution < 1.29 is 8.98 Å². The summed E-state index contributed by atoms with van der Waals surface area (Å²) in [6, 6.07) is 49.4. The number of nitrogens with zero attached hydrogens (tertiary/aromatic N) is 6. The molecule has 1 spiro atoms. The second-order valence-corrected chi connectivity index (χ2v) is 34.6. The van der Waals surface area contributed by atoms with Crippen LogP contribution in [0.5, 0.6) is 11.5 Å². The van der Waals surface area contributed by atoms with Gasteiger partial charge >= 0.3 is 434 Å². The van der Waals surface area contributed by atoms with Crippen LogP contribution in [0.4, 0.5) is 11.4 Å². The second-order valence-electron chi connectivity index (χ2n) is 25.5. The standard InChI is InChI=1S/C63H76N6OSi2/c1-41-29-25-30-42(2)51(41)64-57-71(67(60(8,9)10)55(66-59(5,6)7)45-33-21-19-22-34-45)49-39-27-37-47-53(49)70-54-48(63(47,17)18)38-28-40-50(54)72(57,58(71)65-52-43(3)31-26-32-44(52)4)68(61(11,12)13)56(69(72)62(14,15)16)46-35-23-20-24-36-46/h19-40H,1-18H3. The molecule has 0 aromatic heterocycles. The molecule has 6 aromatic rings. The summed E-state index contributed by atoms with van der Waals surface area (Å²) < 4.78 is 16.6. The number of ether oxygens (including phenoxy) is 1. The van der Waals surface area contributed by atoms with Gasteiger partial charge in [0.05, 0.1) is 0 Å². The first-order valence-electron chi connectivity index (χ1n) is 26.1. The van der Waals surface area contributed by atoms with Gasteiger partial charge in [0.2, 0.25) is 0 Å². The monoisotopic (exact) mass is 989 g/mol. The molecule has 5 aliphatic rings. The molecule has 0 radical (unpaired) electrons. The molecule has 1 fully saturated rings. The molecule has 0 unspecified atom stereocenters. The van der Waals surface area contributed by atoms with E-state index < -0.39 is 43.5 Å². The first kappa shape index (κ1) is 49.4. The molecule has 6 aromatic carbocycles. The van der Waals surface area contributed by atoms with E-state index in [9.17, 15) is 0 Å². The molecule has 11 rings (SSSR count). The van der Waals surface area contributed by atoms with E-state index in [1.165, 1.54) is 37.6 Å². The molecule has 1 saturated heterocycles. The predicted molar refractivity (Wildman–Crippen MR) is 308 cm³/mol. The Bertz CT molecular complexity index is 3240. The van der Waals surface area contributed by atoms with Gasteiger partial charge in [-0.25, -0.2) is 0 Å². The van der Waals surface area contributed by atoms with E-state index in [4.69, 9.17) is 19.7 Å². The van der Waals surface area contributed by atoms with Gasteiger partial charge in [0.1, 0.15) is 0 Å². The van der Waals surface area contributed by atoms with Crippen molar-refractivity contribution >= 4 is 59.2 Å². The number of para-hydroxylation sites is 4. The summed E-state index contributed by atoms with van der Waals surface area (Å²) in [6.45, 7) is 42.1. The van der Waals surface area contributed by atoms with Crippen LogP contribution in [0.1, 0.15) is 141 Å². The van der Waals surface area contributed by atoms with Crippen LogP contribution in [0.3, 0.4) is 0 Å². The van der Waals surface area contributed by atoms with Gasteiger partial charge < -0.3 is 0 Å². The normalized spacial score (nSPS) is 21.3. The number of rotatable bonds is 5. The van der Waals surface area contributed by atoms with Crippen LogP contribution >= 0.6 is 0 Å². The van der Waals surface area contributed by atoms with Crippen molar-refractivity contribution in [3.63, 3.8) is 0 Å². The maximum atomic E-state index is 8.01. The molecule has 7 nitrogen and oxygen atoms in total. The van der Waals surface area contributed by atoms with Crippen LogP contribution in [0.15, 0.2) is 148 Å². The molecular formula is C63H76N6OSi2. The summed E-state index contributed by atoms with van der Waals surface area (Å²) in [4.78, 5) is 21.8. The summed E-state index contributed by atoms with van der Waals surface area (Å²) in [7, 11) is -9.01. The fourth-order valence-electron chi connectivity index (χ4n) is 13.6. The number of benzene rings is 6. The maximum absolute atomic E-state index is 8.01. The number of aliphatic imine (C=N–C) groups is 3. The molecule has 0 saturated carbocycles. The third-order valence-corrected chi connectivity index (χ3v) is 32.0. The Morgan fingerprint density at radius 2 is 1.06 bits per heavy atom. The Kier molecular flexibility index (Phi) is 10.9. The van der Waals surface area contributed by atoms with Crippen molar-refractivity contribution in [1.29, 1.82) is 0 Å². The summed E-state index contributed by atoms with van der Waals surface area (Å²) in [5.74, 6) is 3.98. The third kappa shape index (κ3) is 6.50. The van der Waals surface area contributed by atoms with Crippen molar-refractivity contribution in [2.45, 2.75) is 152 Å². The summed E-state index contributed by atoms with van der Waals surface area (Å²) in [6.07, 6.45) is 0. The van der Waals surface area contributed by atoms with Gasteiger partial charge in [-0.2, -0.15) is 0 Å². The van der Waals surface area contributed by atoms with Gasteiger partial charge in [0, 0.05) is 0 Å². The molecule has 5 heterocycles. The van der Waals surface area contributed by atoms with Crippen LogP contribution in [-0.4, -0.2) is 73.0 Å². The quantitative estimate of drug-likeness (QED) is 0.0982. The molecular weight excluding hydrogens is 913 g/mol. The van der Waals surface area contributed by atoms with Crippen LogP contribution in [0, 0.1) is 27.7 Å². The van der Waals surface area contributed by atoms with E-state index in [1.54, 1.807) is 0 Å². The van der Waals surface area contributed by atoms with Gasteiger partial charge in [-0.15, -0.1) is 0 Å². The molecule has 0 amide bonds. The van der Waals surface area contributed by atoms with Gasteiger partial charge in [0.15, 0.2) is 0 Å². The Hall–Kier alpha value is -6.17. The van der Waals surface area contributed by atoms with E-state index in [0.717, 1.165) is 61.7 Å². The minimum atomic E-state index is -5.02. The summed E-state index contributed by atoms with van der Waals surface area (Å²) in [5, 5.41) is 2.35. The van der Waals surface area contributed by atoms with Gasteiger partial charge in [0.25, 0.3) is 0 Å². The van der Waals surface area contributed by atoms with Crippen LogP contribution in [0.2, 0.25) is 0 Å². The van der Waals surface area contributed by atoms with Gasteiger partial charge in [-0.1, -0.05) is 0 Å². The third-order valence-electron chi connectivity index (χ3n) is 15.7. The van der Waals surface area contributed by atoms with E-state index >= 15 is 0 Å². The number of aryl methyl sites for hydroxylation is 4. The molecule has 9 heteroatoms. The zero-order valence-electron chi connectivity index (χ0n) is 46.3. The molecule has 72 heavy (non-hydrogen) atoms. The van der Waals surface area contributed by atoms with E-state index in [0.29, 0.717) is 0 Å². The predicted octanol–water partition coefficient (Wildman–Crippen LogP) is 13.6. The van der Waals surface area contributed by atoms with E-state index in [-0.39, 0.29) is 0 Å². The Morgan fingerprint density at radius 3 is 1.53 bits per heavy atom. The van der Waals surface area contributed by atoms with Crippen molar-refractivity contribution in [2.24, 2.45) is 15.0 Å². The summed E-state index contributed by atoms with van der Waals surface area (Å²) in [5.41, 5.74) is 8.72. The Balaban J connectivity index is 1.64. The molecule has 0 aliphatic carbocycles. The van der Waals surface area contributed by atoms with E-state index in [2.05, 4.69) is 271 Å². The zero-order valence-corrected chi connectivity index (χ0v) is 48.3.